The number of nitrogens with zero attached hydrogens (tertiary/aromatic N) is 2. The molecule has 2 aromatic heterocycles. The van der Waals surface area contributed by atoms with Crippen molar-refractivity contribution in [1.82, 2.24) is 4.57 Å². The average Bonchev–Trinajstić information content (AvgIpc) is 3.87. The molecule has 0 amide bonds. The summed E-state index contributed by atoms with van der Waals surface area (Å²) in [4.78, 5) is 2.40. The van der Waals surface area contributed by atoms with Crippen LogP contribution in [-0.4, -0.2) is 4.57 Å². The summed E-state index contributed by atoms with van der Waals surface area (Å²) in [6, 6.07) is 83.0. The minimum atomic E-state index is 0.888. The second-order valence-electron chi connectivity index (χ2n) is 15.7. The Bertz CT molecular complexity index is 3560. The number of rotatable bonds is 7. The molecular formula is C58H38N2O. The molecule has 3 nitrogen and oxygen atoms in total. The van der Waals surface area contributed by atoms with E-state index < -0.39 is 0 Å². The number of benzene rings is 10. The van der Waals surface area contributed by atoms with E-state index in [-0.39, 0.29) is 0 Å². The van der Waals surface area contributed by atoms with Crippen LogP contribution in [0.5, 0.6) is 0 Å². The monoisotopic (exact) mass is 778 g/mol. The summed E-state index contributed by atoms with van der Waals surface area (Å²) < 4.78 is 8.75. The maximum absolute atomic E-state index is 6.34. The Labute approximate surface area is 353 Å². The van der Waals surface area contributed by atoms with Gasteiger partial charge in [0.1, 0.15) is 11.2 Å². The fourth-order valence-electron chi connectivity index (χ4n) is 9.31. The summed E-state index contributed by atoms with van der Waals surface area (Å²) in [6.45, 7) is 0. The molecule has 0 spiro atoms. The fraction of sp³-hybridized carbons (Fsp3) is 0. The zero-order chi connectivity index (χ0) is 40.3. The molecule has 286 valence electrons. The molecule has 0 aliphatic carbocycles. The van der Waals surface area contributed by atoms with Crippen LogP contribution in [0.1, 0.15) is 0 Å². The lowest BCUT2D eigenvalue weighted by Crippen LogP contribution is -2.11. The second kappa shape index (κ2) is 14.3. The van der Waals surface area contributed by atoms with E-state index in [0.29, 0.717) is 0 Å². The number of para-hydroxylation sites is 5. The maximum Gasteiger partial charge on any atom is 0.136 e. The summed E-state index contributed by atoms with van der Waals surface area (Å²) >= 11 is 0. The predicted octanol–water partition coefficient (Wildman–Crippen LogP) is 16.3. The lowest BCUT2D eigenvalue weighted by molar-refractivity contribution is 0.669. The third-order valence-electron chi connectivity index (χ3n) is 12.2. The van der Waals surface area contributed by atoms with Gasteiger partial charge in [-0.25, -0.2) is 0 Å². The Morgan fingerprint density at radius 1 is 0.328 bits per heavy atom. The zero-order valence-corrected chi connectivity index (χ0v) is 33.2. The van der Waals surface area contributed by atoms with Crippen LogP contribution in [0.15, 0.2) is 235 Å². The SMILES string of the molecule is c1cc(-c2ccc3c(c2)oc2ccccc23)cc(N(c2ccc(-c3ccccc3-n3c4ccccc4c4ccccc43)cc2)c2ccccc2-c2ccc3ccccc3c2)c1. The van der Waals surface area contributed by atoms with Crippen LogP contribution < -0.4 is 4.90 Å². The normalized spacial score (nSPS) is 11.6. The molecule has 3 heteroatoms. The first-order chi connectivity index (χ1) is 30.2. The lowest BCUT2D eigenvalue weighted by atomic mass is 9.97. The Morgan fingerprint density at radius 3 is 1.75 bits per heavy atom. The molecule has 0 saturated carbocycles. The first kappa shape index (κ1) is 34.9. The molecule has 0 bridgehead atoms. The molecule has 2 heterocycles. The number of anilines is 3. The van der Waals surface area contributed by atoms with E-state index in [1.54, 1.807) is 0 Å². The van der Waals surface area contributed by atoms with Gasteiger partial charge in [0, 0.05) is 44.0 Å². The smallest absolute Gasteiger partial charge is 0.136 e. The van der Waals surface area contributed by atoms with Crippen LogP contribution >= 0.6 is 0 Å². The molecule has 0 unspecified atom stereocenters. The van der Waals surface area contributed by atoms with Crippen molar-refractivity contribution in [2.75, 3.05) is 4.90 Å². The van der Waals surface area contributed by atoms with Crippen molar-refractivity contribution >= 4 is 71.6 Å². The molecule has 0 aliphatic rings. The zero-order valence-electron chi connectivity index (χ0n) is 33.2. The van der Waals surface area contributed by atoms with E-state index in [1.807, 2.05) is 12.1 Å². The van der Waals surface area contributed by atoms with Crippen LogP contribution in [0.3, 0.4) is 0 Å². The molecular weight excluding hydrogens is 741 g/mol. The van der Waals surface area contributed by atoms with E-state index in [0.717, 1.165) is 66.9 Å². The minimum absolute atomic E-state index is 0.888. The summed E-state index contributed by atoms with van der Waals surface area (Å²) in [5.41, 5.74) is 15.4. The molecule has 10 aromatic carbocycles. The topological polar surface area (TPSA) is 21.3 Å². The van der Waals surface area contributed by atoms with Crippen LogP contribution in [0, 0.1) is 0 Å². The van der Waals surface area contributed by atoms with Gasteiger partial charge >= 0.3 is 0 Å². The molecule has 0 aliphatic heterocycles. The molecule has 12 aromatic rings. The quantitative estimate of drug-likeness (QED) is 0.161. The predicted molar refractivity (Wildman–Crippen MR) is 257 cm³/mol. The van der Waals surface area contributed by atoms with Gasteiger partial charge in [-0.2, -0.15) is 0 Å². The van der Waals surface area contributed by atoms with Crippen molar-refractivity contribution in [1.29, 1.82) is 0 Å². The molecule has 12 rings (SSSR count). The van der Waals surface area contributed by atoms with Crippen molar-refractivity contribution < 1.29 is 4.42 Å². The van der Waals surface area contributed by atoms with Crippen LogP contribution in [-0.2, 0) is 0 Å². The van der Waals surface area contributed by atoms with Crippen molar-refractivity contribution in [3.63, 3.8) is 0 Å². The van der Waals surface area contributed by atoms with Gasteiger partial charge in [-0.1, -0.05) is 158 Å². The molecule has 0 atom stereocenters. The highest BCUT2D eigenvalue weighted by atomic mass is 16.3. The van der Waals surface area contributed by atoms with Gasteiger partial charge in [0.15, 0.2) is 0 Å². The van der Waals surface area contributed by atoms with E-state index in [2.05, 4.69) is 228 Å². The Kier molecular flexibility index (Phi) is 8.17. The van der Waals surface area contributed by atoms with E-state index >= 15 is 0 Å². The lowest BCUT2D eigenvalue weighted by Gasteiger charge is -2.28. The van der Waals surface area contributed by atoms with Gasteiger partial charge in [0.05, 0.1) is 22.4 Å². The number of hydrogen-bond donors (Lipinski definition) is 0. The van der Waals surface area contributed by atoms with E-state index in [1.165, 1.54) is 43.7 Å². The first-order valence-electron chi connectivity index (χ1n) is 20.8. The largest absolute Gasteiger partial charge is 0.456 e. The van der Waals surface area contributed by atoms with Crippen molar-refractivity contribution in [3.05, 3.63) is 231 Å². The first-order valence-corrected chi connectivity index (χ1v) is 20.8. The van der Waals surface area contributed by atoms with Gasteiger partial charge < -0.3 is 13.9 Å². The molecule has 0 radical (unpaired) electrons. The van der Waals surface area contributed by atoms with Gasteiger partial charge in [0.25, 0.3) is 0 Å². The summed E-state index contributed by atoms with van der Waals surface area (Å²) in [5.74, 6) is 0. The van der Waals surface area contributed by atoms with Gasteiger partial charge in [0.2, 0.25) is 0 Å². The Hall–Kier alpha value is -8.14. The van der Waals surface area contributed by atoms with Gasteiger partial charge in [-0.3, -0.25) is 0 Å². The summed E-state index contributed by atoms with van der Waals surface area (Å²) in [7, 11) is 0. The van der Waals surface area contributed by atoms with Gasteiger partial charge in [-0.05, 0) is 106 Å². The average molecular weight is 779 g/mol. The van der Waals surface area contributed by atoms with E-state index in [4.69, 9.17) is 4.42 Å². The van der Waals surface area contributed by atoms with Crippen LogP contribution in [0.2, 0.25) is 0 Å². The molecule has 0 N–H and O–H groups in total. The number of aromatic nitrogens is 1. The second-order valence-corrected chi connectivity index (χ2v) is 15.7. The van der Waals surface area contributed by atoms with Gasteiger partial charge in [-0.15, -0.1) is 0 Å². The highest BCUT2D eigenvalue weighted by Gasteiger charge is 2.20. The Balaban J connectivity index is 1.01. The summed E-state index contributed by atoms with van der Waals surface area (Å²) in [6.07, 6.45) is 0. The van der Waals surface area contributed by atoms with Crippen molar-refractivity contribution in [2.24, 2.45) is 0 Å². The Morgan fingerprint density at radius 2 is 0.934 bits per heavy atom. The standard InChI is InChI=1S/C58H38N2O/c1-2-15-41-36-44(29-28-39(41)14-1)48-19-4-8-23-53(48)59(46-17-13-16-42(37-46)43-32-35-52-51-22-7-12-27-57(51)61-58(52)38-43)45-33-30-40(31-34-45)47-18-3-9-24-54(47)60-55-25-10-5-20-49(55)50-21-6-11-26-56(50)60/h1-38H. The molecule has 61 heavy (non-hydrogen) atoms. The number of fused-ring (bicyclic) bond motifs is 7. The van der Waals surface area contributed by atoms with E-state index in [9.17, 15) is 0 Å². The number of furan rings is 1. The van der Waals surface area contributed by atoms with Crippen LogP contribution in [0.4, 0.5) is 17.1 Å². The molecule has 0 fully saturated rings. The third kappa shape index (κ3) is 5.90. The molecule has 0 saturated heterocycles. The van der Waals surface area contributed by atoms with Crippen LogP contribution in [0.25, 0.3) is 93.6 Å². The highest BCUT2D eigenvalue weighted by molar-refractivity contribution is 6.10. The van der Waals surface area contributed by atoms with Crippen molar-refractivity contribution in [2.45, 2.75) is 0 Å². The third-order valence-corrected chi connectivity index (χ3v) is 12.2. The fourth-order valence-corrected chi connectivity index (χ4v) is 9.31. The summed E-state index contributed by atoms with van der Waals surface area (Å²) in [5, 5.41) is 7.21. The number of hydrogen-bond acceptors (Lipinski definition) is 2. The minimum Gasteiger partial charge on any atom is -0.456 e. The highest BCUT2D eigenvalue weighted by Crippen LogP contribution is 2.44. The maximum atomic E-state index is 6.34. The van der Waals surface area contributed by atoms with Crippen molar-refractivity contribution in [3.8, 4) is 39.1 Å².